The van der Waals surface area contributed by atoms with Gasteiger partial charge in [0.2, 0.25) is 5.76 Å². The molecule has 0 spiro atoms. The molecule has 0 saturated carbocycles. The molecular weight excluding hydrogens is 502 g/mol. The largest absolute Gasteiger partial charge is 0.494 e. The van der Waals surface area contributed by atoms with E-state index in [-0.39, 0.29) is 28.0 Å². The normalized spacial score (nSPS) is 15.2. The lowest BCUT2D eigenvalue weighted by Gasteiger charge is -2.26. The van der Waals surface area contributed by atoms with Gasteiger partial charge in [-0.15, -0.1) is 0 Å². The number of unbranched alkanes of at least 4 members (excludes halogenated alkanes) is 2. The van der Waals surface area contributed by atoms with Gasteiger partial charge in [0.1, 0.15) is 17.1 Å². The van der Waals surface area contributed by atoms with Crippen LogP contribution in [0, 0.1) is 5.82 Å². The van der Waals surface area contributed by atoms with Crippen LogP contribution in [-0.4, -0.2) is 12.5 Å². The van der Waals surface area contributed by atoms with Crippen LogP contribution in [0.2, 0.25) is 0 Å². The fourth-order valence-corrected chi connectivity index (χ4v) is 4.68. The lowest BCUT2D eigenvalue weighted by Crippen LogP contribution is -2.29. The van der Waals surface area contributed by atoms with Crippen LogP contribution in [-0.2, 0) is 6.18 Å². The van der Waals surface area contributed by atoms with Gasteiger partial charge in [-0.25, -0.2) is 4.39 Å². The standard InChI is InChI=1S/C29H23F4NO4/c1-2-3-4-13-37-21-10-5-7-17(14-21)25-24-26(35)22-16-19(30)11-12-23(22)38-27(24)28(36)34(25)20-9-6-8-18(15-20)29(31,32)33/h5-12,14-16,25H,2-4,13H2,1H3. The molecule has 1 aromatic heterocycles. The topological polar surface area (TPSA) is 59.8 Å². The number of halogens is 4. The van der Waals surface area contributed by atoms with Crippen LogP contribution in [0.15, 0.2) is 75.9 Å². The molecule has 0 N–H and O–H groups in total. The minimum absolute atomic E-state index is 0.00107. The van der Waals surface area contributed by atoms with Crippen LogP contribution < -0.4 is 15.1 Å². The van der Waals surface area contributed by atoms with Crippen LogP contribution in [0.25, 0.3) is 11.0 Å². The zero-order chi connectivity index (χ0) is 27.0. The summed E-state index contributed by atoms with van der Waals surface area (Å²) in [5, 5.41) is -0.0700. The number of fused-ring (bicyclic) bond motifs is 2. The molecule has 4 aromatic rings. The molecule has 5 nitrogen and oxygen atoms in total. The molecule has 9 heteroatoms. The summed E-state index contributed by atoms with van der Waals surface area (Å²) in [7, 11) is 0. The van der Waals surface area contributed by atoms with E-state index in [0.29, 0.717) is 17.9 Å². The monoisotopic (exact) mass is 525 g/mol. The predicted molar refractivity (Wildman–Crippen MR) is 134 cm³/mol. The van der Waals surface area contributed by atoms with Gasteiger partial charge in [0, 0.05) is 5.69 Å². The maximum atomic E-state index is 14.0. The lowest BCUT2D eigenvalue weighted by atomic mass is 9.98. The third-order valence-corrected chi connectivity index (χ3v) is 6.47. The van der Waals surface area contributed by atoms with Gasteiger partial charge in [-0.3, -0.25) is 14.5 Å². The van der Waals surface area contributed by atoms with Gasteiger partial charge in [-0.05, 0) is 60.5 Å². The molecule has 5 rings (SSSR count). The molecule has 1 aliphatic rings. The molecule has 2 heterocycles. The molecule has 0 aliphatic carbocycles. The maximum absolute atomic E-state index is 14.0. The van der Waals surface area contributed by atoms with Crippen molar-refractivity contribution in [3.63, 3.8) is 0 Å². The number of alkyl halides is 3. The Morgan fingerprint density at radius 1 is 0.974 bits per heavy atom. The molecular formula is C29H23F4NO4. The first-order valence-corrected chi connectivity index (χ1v) is 12.2. The third-order valence-electron chi connectivity index (χ3n) is 6.47. The molecule has 0 saturated heterocycles. The van der Waals surface area contributed by atoms with Gasteiger partial charge < -0.3 is 9.15 Å². The Hall–Kier alpha value is -4.14. The van der Waals surface area contributed by atoms with Gasteiger partial charge >= 0.3 is 6.18 Å². The summed E-state index contributed by atoms with van der Waals surface area (Å²) in [6.07, 6.45) is -1.81. The second kappa shape index (κ2) is 9.96. The highest BCUT2D eigenvalue weighted by Gasteiger charge is 2.44. The number of anilines is 1. The van der Waals surface area contributed by atoms with Gasteiger partial charge in [0.15, 0.2) is 5.43 Å². The van der Waals surface area contributed by atoms with Gasteiger partial charge in [-0.1, -0.05) is 38.0 Å². The minimum Gasteiger partial charge on any atom is -0.494 e. The molecule has 1 amide bonds. The number of benzene rings is 3. The van der Waals surface area contributed by atoms with Crippen molar-refractivity contribution in [2.45, 2.75) is 38.4 Å². The smallest absolute Gasteiger partial charge is 0.416 e. The number of carbonyl (C=O) groups is 1. The van der Waals surface area contributed by atoms with Crippen LogP contribution in [0.1, 0.15) is 59.5 Å². The molecule has 3 aromatic carbocycles. The predicted octanol–water partition coefficient (Wildman–Crippen LogP) is 7.27. The number of amides is 1. The maximum Gasteiger partial charge on any atom is 0.416 e. The van der Waals surface area contributed by atoms with Crippen molar-refractivity contribution in [3.05, 3.63) is 105 Å². The molecule has 1 atom stereocenters. The van der Waals surface area contributed by atoms with Crippen molar-refractivity contribution >= 4 is 22.6 Å². The van der Waals surface area contributed by atoms with Crippen molar-refractivity contribution in [1.29, 1.82) is 0 Å². The molecule has 0 bridgehead atoms. The number of hydrogen-bond donors (Lipinski definition) is 0. The van der Waals surface area contributed by atoms with Crippen LogP contribution >= 0.6 is 0 Å². The number of ether oxygens (including phenoxy) is 1. The minimum atomic E-state index is -4.65. The molecule has 0 fully saturated rings. The van der Waals surface area contributed by atoms with E-state index < -0.39 is 34.9 Å². The van der Waals surface area contributed by atoms with Gasteiger partial charge in [0.05, 0.1) is 29.2 Å². The average Bonchev–Trinajstić information content (AvgIpc) is 3.19. The van der Waals surface area contributed by atoms with Crippen LogP contribution in [0.5, 0.6) is 5.75 Å². The summed E-state index contributed by atoms with van der Waals surface area (Å²) < 4.78 is 66.2. The molecule has 0 radical (unpaired) electrons. The molecule has 38 heavy (non-hydrogen) atoms. The number of carbonyl (C=O) groups excluding carboxylic acids is 1. The summed E-state index contributed by atoms with van der Waals surface area (Å²) >= 11 is 0. The van der Waals surface area contributed by atoms with E-state index in [1.54, 1.807) is 24.3 Å². The Bertz CT molecular complexity index is 1580. The number of hydrogen-bond acceptors (Lipinski definition) is 4. The summed E-state index contributed by atoms with van der Waals surface area (Å²) in [4.78, 5) is 28.4. The van der Waals surface area contributed by atoms with E-state index in [0.717, 1.165) is 48.4 Å². The Labute approximate surface area is 215 Å². The fraction of sp³-hybridized carbons (Fsp3) is 0.241. The summed E-state index contributed by atoms with van der Waals surface area (Å²) in [6.45, 7) is 2.53. The molecule has 196 valence electrons. The lowest BCUT2D eigenvalue weighted by molar-refractivity contribution is -0.137. The Morgan fingerprint density at radius 3 is 2.53 bits per heavy atom. The van der Waals surface area contributed by atoms with E-state index in [2.05, 4.69) is 6.92 Å². The number of nitrogens with zero attached hydrogens (tertiary/aromatic N) is 1. The van der Waals surface area contributed by atoms with Gasteiger partial charge in [0.25, 0.3) is 5.91 Å². The van der Waals surface area contributed by atoms with E-state index >= 15 is 0 Å². The van der Waals surface area contributed by atoms with Crippen molar-refractivity contribution in [2.24, 2.45) is 0 Å². The van der Waals surface area contributed by atoms with E-state index in [1.807, 2.05) is 0 Å². The fourth-order valence-electron chi connectivity index (χ4n) is 4.68. The highest BCUT2D eigenvalue weighted by atomic mass is 19.4. The second-order valence-corrected chi connectivity index (χ2v) is 9.07. The summed E-state index contributed by atoms with van der Waals surface area (Å²) in [6, 6.07) is 13.2. The highest BCUT2D eigenvalue weighted by molar-refractivity contribution is 6.10. The first kappa shape index (κ1) is 25.5. The Morgan fingerprint density at radius 2 is 1.76 bits per heavy atom. The molecule has 1 unspecified atom stereocenters. The van der Waals surface area contributed by atoms with Crippen molar-refractivity contribution in [2.75, 3.05) is 11.5 Å². The van der Waals surface area contributed by atoms with E-state index in [9.17, 15) is 27.2 Å². The molecule has 1 aliphatic heterocycles. The van der Waals surface area contributed by atoms with E-state index in [1.165, 1.54) is 18.2 Å². The Kier molecular flexibility index (Phi) is 6.69. The Balaban J connectivity index is 1.69. The van der Waals surface area contributed by atoms with Crippen molar-refractivity contribution < 1.29 is 31.5 Å². The first-order chi connectivity index (χ1) is 18.2. The summed E-state index contributed by atoms with van der Waals surface area (Å²) in [5.41, 5.74) is -1.29. The third kappa shape index (κ3) is 4.64. The van der Waals surface area contributed by atoms with Crippen LogP contribution in [0.4, 0.5) is 23.2 Å². The highest BCUT2D eigenvalue weighted by Crippen LogP contribution is 2.43. The van der Waals surface area contributed by atoms with Crippen molar-refractivity contribution in [3.8, 4) is 5.75 Å². The summed E-state index contributed by atoms with van der Waals surface area (Å²) in [5.74, 6) is -1.25. The average molecular weight is 525 g/mol. The van der Waals surface area contributed by atoms with Crippen molar-refractivity contribution in [1.82, 2.24) is 0 Å². The van der Waals surface area contributed by atoms with Gasteiger partial charge in [-0.2, -0.15) is 13.2 Å². The zero-order valence-electron chi connectivity index (χ0n) is 20.3. The second-order valence-electron chi connectivity index (χ2n) is 9.07. The van der Waals surface area contributed by atoms with E-state index in [4.69, 9.17) is 9.15 Å². The number of rotatable bonds is 7. The first-order valence-electron chi connectivity index (χ1n) is 12.2. The SMILES string of the molecule is CCCCCOc1cccc(C2c3c(oc4ccc(F)cc4c3=O)C(=O)N2c2cccc(C(F)(F)F)c2)c1. The quantitative estimate of drug-likeness (QED) is 0.188. The van der Waals surface area contributed by atoms with Crippen LogP contribution in [0.3, 0.4) is 0 Å². The zero-order valence-corrected chi connectivity index (χ0v) is 20.3.